The fourth-order valence-electron chi connectivity index (χ4n) is 4.94. The molecule has 44 heavy (non-hydrogen) atoms. The predicted octanol–water partition coefficient (Wildman–Crippen LogP) is 5.81. The van der Waals surface area contributed by atoms with Crippen molar-refractivity contribution in [3.05, 3.63) is 89.8 Å². The quantitative estimate of drug-likeness (QED) is 0.210. The van der Waals surface area contributed by atoms with E-state index >= 15 is 0 Å². The van der Waals surface area contributed by atoms with Gasteiger partial charge in [0.25, 0.3) is 0 Å². The van der Waals surface area contributed by atoms with Crippen LogP contribution in [0.25, 0.3) is 39.4 Å². The van der Waals surface area contributed by atoms with Gasteiger partial charge >= 0.3 is 6.36 Å². The lowest BCUT2D eigenvalue weighted by atomic mass is 9.97. The summed E-state index contributed by atoms with van der Waals surface area (Å²) in [6.07, 6.45) is -1.86. The van der Waals surface area contributed by atoms with Gasteiger partial charge in [-0.05, 0) is 73.0 Å². The Morgan fingerprint density at radius 3 is 2.18 bits per heavy atom. The highest BCUT2D eigenvalue weighted by molar-refractivity contribution is 7.90. The fourth-order valence-corrected chi connectivity index (χ4v) is 5.89. The van der Waals surface area contributed by atoms with E-state index in [9.17, 15) is 31.8 Å². The number of aliphatic hydroxyl groups is 2. The number of aryl methyl sites for hydroxylation is 2. The number of aromatic nitrogens is 3. The molecule has 0 aliphatic rings. The summed E-state index contributed by atoms with van der Waals surface area (Å²) in [5, 5.41) is 19.3. The molecule has 0 saturated carbocycles. The summed E-state index contributed by atoms with van der Waals surface area (Å²) in [6.45, 7) is 2.97. The van der Waals surface area contributed by atoms with Crippen LogP contribution in [0.5, 0.6) is 5.75 Å². The van der Waals surface area contributed by atoms with Crippen LogP contribution in [0.2, 0.25) is 0 Å². The van der Waals surface area contributed by atoms with Gasteiger partial charge in [-0.15, -0.1) is 13.2 Å². The van der Waals surface area contributed by atoms with Crippen molar-refractivity contribution in [2.45, 2.75) is 38.1 Å². The van der Waals surface area contributed by atoms with E-state index in [-0.39, 0.29) is 35.1 Å². The van der Waals surface area contributed by atoms with Gasteiger partial charge in [-0.2, -0.15) is 0 Å². The number of hydrogen-bond donors (Lipinski definition) is 2. The molecule has 3 aromatic carbocycles. The molecule has 0 fully saturated rings. The number of benzene rings is 3. The predicted molar refractivity (Wildman–Crippen MR) is 156 cm³/mol. The topological polar surface area (TPSA) is 128 Å². The second-order valence-corrected chi connectivity index (χ2v) is 12.1. The van der Waals surface area contributed by atoms with Gasteiger partial charge in [0.1, 0.15) is 17.3 Å². The summed E-state index contributed by atoms with van der Waals surface area (Å²) in [5.74, 6) is 0.720. The molecule has 0 aliphatic heterocycles. The third kappa shape index (κ3) is 6.54. The minimum atomic E-state index is -4.85. The van der Waals surface area contributed by atoms with Gasteiger partial charge in [0, 0.05) is 30.0 Å². The molecule has 13 heteroatoms. The first-order chi connectivity index (χ1) is 20.8. The zero-order valence-electron chi connectivity index (χ0n) is 23.9. The molecule has 230 valence electrons. The molecular weight excluding hydrogens is 599 g/mol. The van der Waals surface area contributed by atoms with Crippen LogP contribution in [0.4, 0.5) is 13.2 Å². The van der Waals surface area contributed by atoms with Crippen LogP contribution in [0.1, 0.15) is 23.0 Å². The summed E-state index contributed by atoms with van der Waals surface area (Å²) in [4.78, 5) is 9.17. The monoisotopic (exact) mass is 627 g/mol. The smallest absolute Gasteiger partial charge is 0.440 e. The number of nitrogens with zero attached hydrogens (tertiary/aromatic N) is 3. The molecule has 0 atom stereocenters. The molecule has 0 amide bonds. The Morgan fingerprint density at radius 2 is 1.59 bits per heavy atom. The van der Waals surface area contributed by atoms with Crippen LogP contribution in [0, 0.1) is 13.8 Å². The van der Waals surface area contributed by atoms with Crippen molar-refractivity contribution in [2.75, 3.05) is 12.9 Å². The normalized spacial score (nSPS) is 12.1. The Hall–Kier alpha value is -4.46. The van der Waals surface area contributed by atoms with E-state index < -0.39 is 28.6 Å². The average Bonchev–Trinajstić information content (AvgIpc) is 3.53. The third-order valence-electron chi connectivity index (χ3n) is 6.83. The van der Waals surface area contributed by atoms with Crippen molar-refractivity contribution >= 4 is 9.84 Å². The molecule has 2 aromatic heterocycles. The Balaban J connectivity index is 1.73. The molecule has 0 spiro atoms. The molecule has 5 rings (SSSR count). The lowest BCUT2D eigenvalue weighted by Crippen LogP contribution is -2.16. The molecule has 9 nitrogen and oxygen atoms in total. The van der Waals surface area contributed by atoms with E-state index in [1.165, 1.54) is 18.2 Å². The summed E-state index contributed by atoms with van der Waals surface area (Å²) in [6, 6.07) is 15.3. The van der Waals surface area contributed by atoms with E-state index in [1.807, 2.05) is 36.7 Å². The van der Waals surface area contributed by atoms with Crippen LogP contribution in [0.3, 0.4) is 0 Å². The Kier molecular flexibility index (Phi) is 8.38. The highest BCUT2D eigenvalue weighted by atomic mass is 32.2. The highest BCUT2D eigenvalue weighted by Crippen LogP contribution is 2.40. The number of alkyl halides is 3. The number of ether oxygens (including phenoxy) is 1. The number of sulfone groups is 1. The fraction of sp³-hybridized carbons (Fsp3) is 0.226. The third-order valence-corrected chi connectivity index (χ3v) is 8.01. The molecule has 0 radical (unpaired) electrons. The van der Waals surface area contributed by atoms with E-state index in [2.05, 4.69) is 14.7 Å². The van der Waals surface area contributed by atoms with Crippen molar-refractivity contribution in [3.63, 3.8) is 0 Å². The molecule has 2 heterocycles. The molecule has 5 aromatic rings. The Morgan fingerprint density at radius 1 is 0.932 bits per heavy atom. The summed E-state index contributed by atoms with van der Waals surface area (Å²) in [7, 11) is -3.66. The Labute approximate surface area is 251 Å². The number of halogens is 3. The largest absolute Gasteiger partial charge is 0.573 e. The van der Waals surface area contributed by atoms with Crippen molar-refractivity contribution in [1.29, 1.82) is 0 Å². The minimum absolute atomic E-state index is 0.00210. The molecule has 0 saturated heterocycles. The van der Waals surface area contributed by atoms with Gasteiger partial charge in [0.15, 0.2) is 21.5 Å². The van der Waals surface area contributed by atoms with Crippen molar-refractivity contribution < 1.29 is 41.0 Å². The zero-order valence-corrected chi connectivity index (χ0v) is 24.7. The Bertz CT molecular complexity index is 1930. The van der Waals surface area contributed by atoms with Gasteiger partial charge in [-0.3, -0.25) is 0 Å². The van der Waals surface area contributed by atoms with Crippen molar-refractivity contribution in [1.82, 2.24) is 14.5 Å². The van der Waals surface area contributed by atoms with Gasteiger partial charge in [0.05, 0.1) is 29.5 Å². The standard InChI is InChI=1S/C31H28F3N3O6S/c1-18-16-37(19(2)35-18)26-11-8-21(22-4-5-23(17-39)27(15-22)44(3,40)41)14-25(26)29-30(42-28(36-29)12-13-38)20-6-9-24(10-7-20)43-31(32,33)34/h4-11,14-16,38-39H,12-13,17H2,1-3H3. The maximum atomic E-state index is 12.8. The second kappa shape index (κ2) is 11.9. The first-order valence-corrected chi connectivity index (χ1v) is 15.2. The van der Waals surface area contributed by atoms with Gasteiger partial charge in [0.2, 0.25) is 0 Å². The number of imidazole rings is 1. The first-order valence-electron chi connectivity index (χ1n) is 13.4. The average molecular weight is 628 g/mol. The summed E-state index contributed by atoms with van der Waals surface area (Å²) < 4.78 is 75.2. The van der Waals surface area contributed by atoms with Crippen molar-refractivity contribution in [2.24, 2.45) is 0 Å². The summed E-state index contributed by atoms with van der Waals surface area (Å²) >= 11 is 0. The molecular formula is C31H28F3N3O6S. The number of oxazole rings is 1. The van der Waals surface area contributed by atoms with Gasteiger partial charge in [-0.1, -0.05) is 18.2 Å². The molecule has 0 unspecified atom stereocenters. The lowest BCUT2D eigenvalue weighted by molar-refractivity contribution is -0.274. The van der Waals surface area contributed by atoms with E-state index in [1.54, 1.807) is 18.2 Å². The SMILES string of the molecule is Cc1cn(-c2ccc(-c3ccc(CO)c(S(C)(=O)=O)c3)cc2-c2nc(CCO)oc2-c2ccc(OC(F)(F)F)cc2)c(C)n1. The number of rotatable bonds is 9. The van der Waals surface area contributed by atoms with E-state index in [0.29, 0.717) is 39.5 Å². The maximum absolute atomic E-state index is 12.8. The zero-order chi connectivity index (χ0) is 31.8. The van der Waals surface area contributed by atoms with Gasteiger partial charge in [-0.25, -0.2) is 18.4 Å². The molecule has 2 N–H and O–H groups in total. The lowest BCUT2D eigenvalue weighted by Gasteiger charge is -2.15. The number of hydrogen-bond acceptors (Lipinski definition) is 8. The van der Waals surface area contributed by atoms with Gasteiger partial charge < -0.3 is 23.9 Å². The van der Waals surface area contributed by atoms with Crippen LogP contribution in [-0.2, 0) is 22.9 Å². The molecule has 0 aliphatic carbocycles. The van der Waals surface area contributed by atoms with E-state index in [0.717, 1.165) is 24.1 Å². The summed E-state index contributed by atoms with van der Waals surface area (Å²) in [5.41, 5.74) is 4.17. The van der Waals surface area contributed by atoms with Crippen LogP contribution in [0.15, 0.2) is 76.2 Å². The first kappa shape index (κ1) is 31.0. The highest BCUT2D eigenvalue weighted by Gasteiger charge is 2.31. The second-order valence-electron chi connectivity index (χ2n) is 10.1. The van der Waals surface area contributed by atoms with Crippen molar-refractivity contribution in [3.8, 4) is 45.1 Å². The van der Waals surface area contributed by atoms with E-state index in [4.69, 9.17) is 4.42 Å². The van der Waals surface area contributed by atoms with Crippen LogP contribution in [-0.4, -0.2) is 52.4 Å². The molecule has 0 bridgehead atoms. The maximum Gasteiger partial charge on any atom is 0.573 e. The number of aliphatic hydroxyl groups excluding tert-OH is 2. The van der Waals surface area contributed by atoms with Crippen LogP contribution < -0.4 is 4.74 Å². The van der Waals surface area contributed by atoms with Crippen LogP contribution >= 0.6 is 0 Å². The minimum Gasteiger partial charge on any atom is -0.440 e.